The fraction of sp³-hybridized carbons (Fsp3) is 0.344. The predicted molar refractivity (Wildman–Crippen MR) is 157 cm³/mol. The van der Waals surface area contributed by atoms with E-state index in [9.17, 15) is 27.6 Å². The average molecular weight is 630 g/mol. The Morgan fingerprint density at radius 3 is 2.36 bits per heavy atom. The van der Waals surface area contributed by atoms with Crippen molar-refractivity contribution in [1.82, 2.24) is 15.1 Å². The summed E-state index contributed by atoms with van der Waals surface area (Å²) in [6.45, 7) is 3.16. The van der Waals surface area contributed by atoms with Crippen LogP contribution in [0.3, 0.4) is 0 Å². The number of hydrogen-bond donors (Lipinski definition) is 1. The lowest BCUT2D eigenvalue weighted by Gasteiger charge is -2.40. The molecule has 2 fully saturated rings. The van der Waals surface area contributed by atoms with Crippen LogP contribution in [0.4, 0.5) is 18.0 Å². The quantitative estimate of drug-likeness (QED) is 0.322. The largest absolute Gasteiger partial charge is 0.573 e. The molecule has 8 nitrogen and oxygen atoms in total. The SMILES string of the molecule is CC1(C)OC(=O)N(CC(=O)N2CC[C@H](NCc3cc(-c4ccc(Cl)cc4)ccc3OC(F)(F)F)[C@H](c3ccccc3)C2)C1=O. The molecule has 2 atom stereocenters. The zero-order valence-electron chi connectivity index (χ0n) is 24.1. The number of rotatable bonds is 8. The van der Waals surface area contributed by atoms with Gasteiger partial charge in [0.15, 0.2) is 5.60 Å². The number of halogens is 4. The molecule has 3 aromatic carbocycles. The summed E-state index contributed by atoms with van der Waals surface area (Å²) in [6, 6.07) is 20.8. The fourth-order valence-corrected chi connectivity index (χ4v) is 5.69. The summed E-state index contributed by atoms with van der Waals surface area (Å²) in [5.74, 6) is -1.51. The van der Waals surface area contributed by atoms with E-state index < -0.39 is 36.4 Å². The maximum Gasteiger partial charge on any atom is 0.573 e. The number of nitrogens with zero attached hydrogens (tertiary/aromatic N) is 2. The van der Waals surface area contributed by atoms with Crippen molar-refractivity contribution in [3.8, 4) is 16.9 Å². The van der Waals surface area contributed by atoms with Crippen molar-refractivity contribution in [2.24, 2.45) is 0 Å². The van der Waals surface area contributed by atoms with Gasteiger partial charge in [-0.15, -0.1) is 13.2 Å². The van der Waals surface area contributed by atoms with Crippen molar-refractivity contribution in [3.63, 3.8) is 0 Å². The molecular weight excluding hydrogens is 599 g/mol. The van der Waals surface area contributed by atoms with Crippen LogP contribution in [-0.4, -0.2) is 65.3 Å². The molecule has 232 valence electrons. The van der Waals surface area contributed by atoms with Gasteiger partial charge in [-0.3, -0.25) is 9.59 Å². The highest BCUT2D eigenvalue weighted by atomic mass is 35.5. The fourth-order valence-electron chi connectivity index (χ4n) is 5.56. The Kier molecular flexibility index (Phi) is 8.90. The van der Waals surface area contributed by atoms with Crippen LogP contribution in [0.1, 0.15) is 37.3 Å². The van der Waals surface area contributed by atoms with E-state index in [2.05, 4.69) is 10.1 Å². The van der Waals surface area contributed by atoms with E-state index >= 15 is 0 Å². The molecule has 0 aromatic heterocycles. The number of imide groups is 1. The molecule has 2 saturated heterocycles. The summed E-state index contributed by atoms with van der Waals surface area (Å²) in [4.78, 5) is 40.5. The van der Waals surface area contributed by atoms with Gasteiger partial charge in [-0.25, -0.2) is 9.69 Å². The first-order valence-corrected chi connectivity index (χ1v) is 14.4. The van der Waals surface area contributed by atoms with E-state index in [0.29, 0.717) is 29.1 Å². The molecule has 0 aliphatic carbocycles. The minimum atomic E-state index is -4.87. The summed E-state index contributed by atoms with van der Waals surface area (Å²) >= 11 is 6.01. The van der Waals surface area contributed by atoms with Gasteiger partial charge in [0.05, 0.1) is 0 Å². The Hall–Kier alpha value is -4.09. The number of alkyl halides is 3. The highest BCUT2D eigenvalue weighted by Gasteiger charge is 2.48. The average Bonchev–Trinajstić information content (AvgIpc) is 3.17. The monoisotopic (exact) mass is 629 g/mol. The Balaban J connectivity index is 1.35. The molecule has 3 amide bonds. The smallest absolute Gasteiger partial charge is 0.433 e. The van der Waals surface area contributed by atoms with Crippen LogP contribution in [0.2, 0.25) is 5.02 Å². The van der Waals surface area contributed by atoms with Gasteiger partial charge in [0.25, 0.3) is 5.91 Å². The van der Waals surface area contributed by atoms with Crippen LogP contribution < -0.4 is 10.1 Å². The van der Waals surface area contributed by atoms with Crippen LogP contribution >= 0.6 is 11.6 Å². The van der Waals surface area contributed by atoms with E-state index in [1.807, 2.05) is 30.3 Å². The molecule has 3 aromatic rings. The molecule has 0 unspecified atom stereocenters. The molecule has 0 saturated carbocycles. The second kappa shape index (κ2) is 12.5. The Bertz CT molecular complexity index is 1530. The van der Waals surface area contributed by atoms with Gasteiger partial charge in [0.2, 0.25) is 5.91 Å². The van der Waals surface area contributed by atoms with Crippen LogP contribution in [-0.2, 0) is 20.9 Å². The van der Waals surface area contributed by atoms with Crippen molar-refractivity contribution in [3.05, 3.63) is 88.9 Å². The number of piperidine rings is 1. The van der Waals surface area contributed by atoms with Crippen LogP contribution in [0.5, 0.6) is 5.75 Å². The lowest BCUT2D eigenvalue weighted by Crippen LogP contribution is -2.52. The van der Waals surface area contributed by atoms with Gasteiger partial charge in [-0.2, -0.15) is 0 Å². The number of nitrogens with one attached hydrogen (secondary N) is 1. The normalized spacial score (nSPS) is 20.0. The van der Waals surface area contributed by atoms with Crippen molar-refractivity contribution in [2.75, 3.05) is 19.6 Å². The predicted octanol–water partition coefficient (Wildman–Crippen LogP) is 6.14. The third-order valence-corrected chi connectivity index (χ3v) is 8.08. The zero-order valence-corrected chi connectivity index (χ0v) is 24.8. The number of cyclic esters (lactones) is 1. The van der Waals surface area contributed by atoms with Crippen LogP contribution in [0.25, 0.3) is 11.1 Å². The molecule has 0 spiro atoms. The molecule has 5 rings (SSSR count). The first-order valence-electron chi connectivity index (χ1n) is 14.1. The molecule has 0 bridgehead atoms. The van der Waals surface area contributed by atoms with E-state index in [1.54, 1.807) is 41.3 Å². The number of carbonyl (C=O) groups is 3. The standard InChI is InChI=1S/C32H31ClF3N3O5/c1-31(2)29(41)39(30(42)44-31)19-28(40)38-15-14-26(25(18-38)21-6-4-3-5-7-21)37-17-23-16-22(20-8-11-24(33)12-9-20)10-13-27(23)43-32(34,35)36/h3-13,16,25-26,37H,14-15,17-19H2,1-2H3/t25-,26-/m0/s1. The van der Waals surface area contributed by atoms with Crippen molar-refractivity contribution in [1.29, 1.82) is 0 Å². The van der Waals surface area contributed by atoms with E-state index in [-0.39, 0.29) is 30.8 Å². The lowest BCUT2D eigenvalue weighted by atomic mass is 9.85. The second-order valence-electron chi connectivity index (χ2n) is 11.3. The van der Waals surface area contributed by atoms with Crippen LogP contribution in [0, 0.1) is 0 Å². The molecule has 2 aliphatic heterocycles. The number of likely N-dealkylation sites (tertiary alicyclic amines) is 1. The van der Waals surface area contributed by atoms with Crippen LogP contribution in [0.15, 0.2) is 72.8 Å². The summed E-state index contributed by atoms with van der Waals surface area (Å²) in [5.41, 5.74) is 1.40. The number of carbonyl (C=O) groups excluding carboxylic acids is 3. The maximum atomic E-state index is 13.3. The first-order chi connectivity index (χ1) is 20.8. The molecule has 44 heavy (non-hydrogen) atoms. The second-order valence-corrected chi connectivity index (χ2v) is 11.7. The third kappa shape index (κ3) is 7.16. The van der Waals surface area contributed by atoms with E-state index in [4.69, 9.17) is 16.3 Å². The number of hydrogen-bond acceptors (Lipinski definition) is 6. The minimum Gasteiger partial charge on any atom is -0.433 e. The molecule has 12 heteroatoms. The molecule has 1 N–H and O–H groups in total. The van der Waals surface area contributed by atoms with E-state index in [0.717, 1.165) is 16.0 Å². The minimum absolute atomic E-state index is 0.0675. The Morgan fingerprint density at radius 2 is 1.73 bits per heavy atom. The summed E-state index contributed by atoms with van der Waals surface area (Å²) in [5, 5.41) is 3.95. The van der Waals surface area contributed by atoms with Crippen molar-refractivity contribution in [2.45, 2.75) is 50.7 Å². The van der Waals surface area contributed by atoms with Gasteiger partial charge in [0.1, 0.15) is 12.3 Å². The summed E-state index contributed by atoms with van der Waals surface area (Å²) < 4.78 is 49.3. The Morgan fingerprint density at radius 1 is 1.05 bits per heavy atom. The summed E-state index contributed by atoms with van der Waals surface area (Å²) in [7, 11) is 0. The van der Waals surface area contributed by atoms with Gasteiger partial charge in [-0.05, 0) is 61.2 Å². The zero-order chi connectivity index (χ0) is 31.6. The summed E-state index contributed by atoms with van der Waals surface area (Å²) in [6.07, 6.45) is -5.25. The number of benzene rings is 3. The molecular formula is C32H31ClF3N3O5. The number of amides is 3. The molecule has 2 heterocycles. The topological polar surface area (TPSA) is 88.2 Å². The molecule has 0 radical (unpaired) electrons. The van der Waals surface area contributed by atoms with Crippen molar-refractivity contribution >= 4 is 29.5 Å². The third-order valence-electron chi connectivity index (χ3n) is 7.83. The van der Waals surface area contributed by atoms with Crippen molar-refractivity contribution < 1.29 is 37.0 Å². The lowest BCUT2D eigenvalue weighted by molar-refractivity contribution is -0.274. The molecule has 2 aliphatic rings. The first kappa shape index (κ1) is 31.3. The highest BCUT2D eigenvalue weighted by molar-refractivity contribution is 6.30. The van der Waals surface area contributed by atoms with Gasteiger partial charge in [0, 0.05) is 42.2 Å². The van der Waals surface area contributed by atoms with Gasteiger partial charge in [-0.1, -0.05) is 60.1 Å². The maximum absolute atomic E-state index is 13.3. The Labute approximate surface area is 257 Å². The van der Waals surface area contributed by atoms with E-state index in [1.165, 1.54) is 19.9 Å². The van der Waals surface area contributed by atoms with Gasteiger partial charge < -0.3 is 19.7 Å². The number of ether oxygens (including phenoxy) is 2. The highest BCUT2D eigenvalue weighted by Crippen LogP contribution is 2.33. The van der Waals surface area contributed by atoms with Gasteiger partial charge >= 0.3 is 12.5 Å².